The molecule has 12 nitrogen and oxygen atoms in total. The zero-order valence-electron chi connectivity index (χ0n) is 40.4. The third-order valence-corrected chi connectivity index (χ3v) is 20.4. The molecule has 14 atom stereocenters. The number of Topliss-reactive ketones (excluding diaryl/α,β-unsaturated/α-hetero) is 2. The number of fused-ring (bicyclic) bond motifs is 10. The number of rotatable bonds is 12. The van der Waals surface area contributed by atoms with Gasteiger partial charge in [0.1, 0.15) is 37.0 Å². The molecule has 64 heavy (non-hydrogen) atoms. The van der Waals surface area contributed by atoms with Gasteiger partial charge in [-0.25, -0.2) is 9.59 Å². The van der Waals surface area contributed by atoms with E-state index in [9.17, 15) is 19.2 Å². The number of oxime groups is 2. The summed E-state index contributed by atoms with van der Waals surface area (Å²) in [6.07, 6.45) is 14.5. The Morgan fingerprint density at radius 2 is 0.969 bits per heavy atom. The number of ketones is 2. The molecule has 4 unspecified atom stereocenters. The molecule has 0 amide bonds. The molecule has 8 saturated carbocycles. The van der Waals surface area contributed by atoms with Crippen LogP contribution in [0.25, 0.3) is 0 Å². The molecule has 8 rings (SSSR count). The summed E-state index contributed by atoms with van der Waals surface area (Å²) in [5, 5.41) is 9.40. The Labute approximate surface area is 382 Å². The van der Waals surface area contributed by atoms with Crippen molar-refractivity contribution in [3.63, 3.8) is 0 Å². The molecule has 0 bridgehead atoms. The summed E-state index contributed by atoms with van der Waals surface area (Å²) in [5.41, 5.74) is 11.4. The summed E-state index contributed by atoms with van der Waals surface area (Å²) in [6, 6.07) is 0. The predicted molar refractivity (Wildman–Crippen MR) is 246 cm³/mol. The first-order chi connectivity index (χ1) is 30.3. The maximum Gasteiger partial charge on any atom is 0.331 e. The third-order valence-electron chi connectivity index (χ3n) is 20.4. The summed E-state index contributed by atoms with van der Waals surface area (Å²) in [4.78, 5) is 66.5. The van der Waals surface area contributed by atoms with Crippen LogP contribution in [-0.2, 0) is 38.3 Å². The summed E-state index contributed by atoms with van der Waals surface area (Å²) in [5.74, 6) is 1.99. The highest BCUT2D eigenvalue weighted by Crippen LogP contribution is 2.70. The lowest BCUT2D eigenvalue weighted by Crippen LogP contribution is -2.64. The number of carbonyl (C=O) groups excluding carboxylic acids is 4. The smallest absolute Gasteiger partial charge is 0.331 e. The maximum atomic E-state index is 14.2. The van der Waals surface area contributed by atoms with Crippen LogP contribution in [0.5, 0.6) is 0 Å². The van der Waals surface area contributed by atoms with Crippen molar-refractivity contribution < 1.29 is 38.3 Å². The van der Waals surface area contributed by atoms with Gasteiger partial charge in [-0.05, 0) is 137 Å². The summed E-state index contributed by atoms with van der Waals surface area (Å²) >= 11 is 0. The fraction of sp³-hybridized carbons (Fsp3) is 0.846. The third kappa shape index (κ3) is 7.53. The minimum Gasteiger partial charge on any atom is -0.458 e. The second-order valence-electron chi connectivity index (χ2n) is 23.6. The van der Waals surface area contributed by atoms with Crippen LogP contribution in [0.2, 0.25) is 0 Å². The molecule has 0 aromatic rings. The lowest BCUT2D eigenvalue weighted by Gasteiger charge is -2.64. The van der Waals surface area contributed by atoms with Gasteiger partial charge in [-0.2, -0.15) is 0 Å². The van der Waals surface area contributed by atoms with Crippen molar-refractivity contribution in [3.05, 3.63) is 12.2 Å². The predicted octanol–water partition coefficient (Wildman–Crippen LogP) is 8.52. The van der Waals surface area contributed by atoms with Gasteiger partial charge in [-0.3, -0.25) is 9.59 Å². The molecule has 356 valence electrons. The summed E-state index contributed by atoms with van der Waals surface area (Å²) < 4.78 is 13.2. The summed E-state index contributed by atoms with van der Waals surface area (Å²) in [7, 11) is 0. The first-order valence-corrected chi connectivity index (χ1v) is 25.2. The Morgan fingerprint density at radius 1 is 0.578 bits per heavy atom. The van der Waals surface area contributed by atoms with Crippen LogP contribution in [0.4, 0.5) is 0 Å². The molecule has 0 aromatic heterocycles. The monoisotopic (exact) mass is 889 g/mol. The fourth-order valence-electron chi connectivity index (χ4n) is 16.9. The second-order valence-corrected chi connectivity index (χ2v) is 23.6. The largest absolute Gasteiger partial charge is 0.458 e. The van der Waals surface area contributed by atoms with E-state index in [1.807, 2.05) is 0 Å². The fourth-order valence-corrected chi connectivity index (χ4v) is 16.9. The number of nitrogens with two attached hydrogens (primary N) is 2. The Bertz CT molecular complexity index is 1790. The Kier molecular flexibility index (Phi) is 13.0. The zero-order chi connectivity index (χ0) is 46.0. The number of carbonyl (C=O) groups is 4. The molecule has 8 fully saturated rings. The topological polar surface area (TPSA) is 182 Å². The van der Waals surface area contributed by atoms with Crippen molar-refractivity contribution in [2.45, 2.75) is 170 Å². The van der Waals surface area contributed by atoms with E-state index in [4.69, 9.17) is 40.9 Å². The van der Waals surface area contributed by atoms with E-state index in [2.05, 4.69) is 55.4 Å². The second kappa shape index (κ2) is 17.5. The van der Waals surface area contributed by atoms with Crippen LogP contribution < -0.4 is 11.5 Å². The number of esters is 2. The highest BCUT2D eigenvalue weighted by atomic mass is 16.6. The molecule has 0 radical (unpaired) electrons. The molecule has 0 aliphatic heterocycles. The van der Waals surface area contributed by atoms with Crippen LogP contribution in [0.15, 0.2) is 22.5 Å². The van der Waals surface area contributed by atoms with Crippen LogP contribution in [-0.4, -0.2) is 73.4 Å². The average Bonchev–Trinajstić information content (AvgIpc) is 3.73. The first-order valence-electron chi connectivity index (χ1n) is 25.2. The zero-order valence-corrected chi connectivity index (χ0v) is 40.4. The summed E-state index contributed by atoms with van der Waals surface area (Å²) in [6.45, 7) is 19.9. The van der Waals surface area contributed by atoms with Crippen LogP contribution >= 0.6 is 0 Å². The molecule has 0 aromatic carbocycles. The van der Waals surface area contributed by atoms with Crippen molar-refractivity contribution in [3.8, 4) is 0 Å². The minimum absolute atomic E-state index is 0.166. The molecule has 0 saturated heterocycles. The van der Waals surface area contributed by atoms with Gasteiger partial charge in [0.15, 0.2) is 0 Å². The van der Waals surface area contributed by atoms with E-state index in [0.29, 0.717) is 100 Å². The van der Waals surface area contributed by atoms with E-state index >= 15 is 0 Å². The Morgan fingerprint density at radius 3 is 1.34 bits per heavy atom. The SMILES string of the molecule is CC1(C)/C(=N/OCCCN)CC(OC(=O)/C=C/C(=O)OC2C/C(=N\OCCCN)C(C)(C)C3CC[C@@H]4[C@@H](CC[C@]5(C)C(=O)CC[C@@H]45)[C@@]23C)[C@@]2(C)C1CC[C@@H]1[C@H]2CC[C@]2(C)C(=O)CC[C@@H]12. The van der Waals surface area contributed by atoms with E-state index in [0.717, 1.165) is 75.6 Å². The molecular weight excluding hydrogens is 809 g/mol. The number of nitrogens with zero attached hydrogens (tertiary/aromatic N) is 2. The molecule has 8 aliphatic carbocycles. The van der Waals surface area contributed by atoms with Gasteiger partial charge in [0.2, 0.25) is 0 Å². The van der Waals surface area contributed by atoms with Gasteiger partial charge in [-0.15, -0.1) is 0 Å². The Balaban J connectivity index is 1.05. The molecule has 8 aliphatic rings. The van der Waals surface area contributed by atoms with Crippen molar-refractivity contribution in [1.82, 2.24) is 0 Å². The number of hydrogen-bond acceptors (Lipinski definition) is 12. The standard InChI is InChI=1S/C52H80N4O8/c1-47(2)37-15-11-31-33-13-17-41(57)49(33,5)23-21-35(31)51(37,7)43(29-39(47)55-61-27-9-25-53)63-45(59)19-20-46(60)64-44-30-40(56-62-28-10-26-54)48(3,4)38-16-12-32-34-14-18-42(58)50(34,6)24-22-36(32)52(38,44)8/h19-20,31-38,43-44H,9-18,21-30,53-54H2,1-8H3/b20-19+,55-39+,56-40+/t31-,32-,33-,34-,35+,36+,37?,38?,43?,44?,49-,50-,51+,52+/m0/s1. The normalized spacial score (nSPS) is 44.3. The molecule has 0 heterocycles. The van der Waals surface area contributed by atoms with Crippen LogP contribution in [0.3, 0.4) is 0 Å². The van der Waals surface area contributed by atoms with Crippen molar-refractivity contribution in [2.24, 2.45) is 102 Å². The molecule has 4 N–H and O–H groups in total. The van der Waals surface area contributed by atoms with E-state index < -0.39 is 24.1 Å². The van der Waals surface area contributed by atoms with Crippen molar-refractivity contribution in [2.75, 3.05) is 26.3 Å². The van der Waals surface area contributed by atoms with Crippen molar-refractivity contribution in [1.29, 1.82) is 0 Å². The maximum absolute atomic E-state index is 14.2. The highest BCUT2D eigenvalue weighted by Gasteiger charge is 2.68. The Hall–Kier alpha value is -3.12. The van der Waals surface area contributed by atoms with Crippen molar-refractivity contribution >= 4 is 34.9 Å². The molecular formula is C52H80N4O8. The number of hydrogen-bond donors (Lipinski definition) is 2. The van der Waals surface area contributed by atoms with Gasteiger partial charge in [0, 0.05) is 70.3 Å². The highest BCUT2D eigenvalue weighted by molar-refractivity contribution is 5.95. The number of ether oxygens (including phenoxy) is 2. The lowest BCUT2D eigenvalue weighted by molar-refractivity contribution is -0.191. The van der Waals surface area contributed by atoms with Crippen LogP contribution in [0, 0.1) is 79.8 Å². The molecule has 12 heteroatoms. The minimum atomic E-state index is -0.580. The van der Waals surface area contributed by atoms with Gasteiger partial charge < -0.3 is 30.6 Å². The average molecular weight is 889 g/mol. The van der Waals surface area contributed by atoms with E-state index in [1.54, 1.807) is 0 Å². The lowest BCUT2D eigenvalue weighted by atomic mass is 9.40. The van der Waals surface area contributed by atoms with Gasteiger partial charge >= 0.3 is 11.9 Å². The van der Waals surface area contributed by atoms with Crippen LogP contribution in [0.1, 0.15) is 158 Å². The van der Waals surface area contributed by atoms with E-state index in [1.165, 1.54) is 12.2 Å². The van der Waals surface area contributed by atoms with Gasteiger partial charge in [0.25, 0.3) is 0 Å². The molecule has 0 spiro atoms. The quantitative estimate of drug-likeness (QED) is 0.0834. The van der Waals surface area contributed by atoms with Gasteiger partial charge in [-0.1, -0.05) is 65.7 Å². The first kappa shape index (κ1) is 47.4. The van der Waals surface area contributed by atoms with Gasteiger partial charge in [0.05, 0.1) is 11.4 Å². The van der Waals surface area contributed by atoms with E-state index in [-0.39, 0.29) is 56.2 Å².